The van der Waals surface area contributed by atoms with Crippen LogP contribution in [0.5, 0.6) is 5.75 Å². The Kier molecular flexibility index (Phi) is 7.07. The third-order valence-corrected chi connectivity index (χ3v) is 5.64. The number of ether oxygens (including phenoxy) is 2. The summed E-state index contributed by atoms with van der Waals surface area (Å²) < 4.78 is 37.4. The van der Waals surface area contributed by atoms with Crippen molar-refractivity contribution in [3.05, 3.63) is 23.3 Å². The fourth-order valence-electron chi connectivity index (χ4n) is 2.47. The van der Waals surface area contributed by atoms with Gasteiger partial charge in [0.25, 0.3) is 0 Å². The molecule has 1 amide bonds. The fraction of sp³-hybridized carbons (Fsp3) is 0.611. The molecule has 1 rings (SSSR count). The lowest BCUT2D eigenvalue weighted by atomic mass is 10.1. The molecule has 1 aromatic carbocycles. The van der Waals surface area contributed by atoms with Crippen LogP contribution in [0.2, 0.25) is 0 Å². The zero-order chi connectivity index (χ0) is 20.3. The van der Waals surface area contributed by atoms with Crippen LogP contribution in [0.4, 0.5) is 4.79 Å². The van der Waals surface area contributed by atoms with Gasteiger partial charge in [-0.25, -0.2) is 13.2 Å². The molecule has 1 aromatic rings. The van der Waals surface area contributed by atoms with Gasteiger partial charge in [0.05, 0.1) is 12.0 Å². The fourth-order valence-corrected chi connectivity index (χ4v) is 4.01. The second kappa shape index (κ2) is 8.26. The smallest absolute Gasteiger partial charge is 0.407 e. The summed E-state index contributed by atoms with van der Waals surface area (Å²) >= 11 is 0. The normalized spacial score (nSPS) is 13.4. The van der Waals surface area contributed by atoms with Crippen molar-refractivity contribution >= 4 is 16.1 Å². The first-order chi connectivity index (χ1) is 11.8. The highest BCUT2D eigenvalue weighted by molar-refractivity contribution is 7.89. The summed E-state index contributed by atoms with van der Waals surface area (Å²) in [5.41, 5.74) is 0.733. The number of hydrogen-bond donors (Lipinski definition) is 1. The Labute approximate surface area is 156 Å². The summed E-state index contributed by atoms with van der Waals surface area (Å²) in [6.45, 7) is 10.7. The number of rotatable bonds is 6. The molecule has 0 aliphatic rings. The van der Waals surface area contributed by atoms with E-state index >= 15 is 0 Å². The Morgan fingerprint density at radius 1 is 1.23 bits per heavy atom. The second-order valence-electron chi connectivity index (χ2n) is 7.42. The van der Waals surface area contributed by atoms with Crippen molar-refractivity contribution in [3.63, 3.8) is 0 Å². The molecule has 0 fully saturated rings. The van der Waals surface area contributed by atoms with Gasteiger partial charge in [-0.15, -0.1) is 0 Å². The van der Waals surface area contributed by atoms with Crippen LogP contribution in [0.1, 0.15) is 38.8 Å². The van der Waals surface area contributed by atoms with Crippen molar-refractivity contribution in [3.8, 4) is 5.75 Å². The van der Waals surface area contributed by atoms with Gasteiger partial charge in [-0.05, 0) is 64.8 Å². The van der Waals surface area contributed by atoms with Crippen LogP contribution in [0.3, 0.4) is 0 Å². The van der Waals surface area contributed by atoms with E-state index in [0.717, 1.165) is 5.56 Å². The number of nitrogens with zero attached hydrogens (tertiary/aromatic N) is 1. The van der Waals surface area contributed by atoms with Crippen LogP contribution in [0.25, 0.3) is 0 Å². The number of carbonyl (C=O) groups is 1. The molecule has 0 bridgehead atoms. The van der Waals surface area contributed by atoms with Crippen LogP contribution in [-0.2, 0) is 14.8 Å². The number of methoxy groups -OCH3 is 1. The minimum atomic E-state index is -3.70. The second-order valence-corrected chi connectivity index (χ2v) is 9.43. The van der Waals surface area contributed by atoms with E-state index in [-0.39, 0.29) is 11.4 Å². The van der Waals surface area contributed by atoms with Gasteiger partial charge in [0, 0.05) is 19.6 Å². The topological polar surface area (TPSA) is 84.9 Å². The van der Waals surface area contributed by atoms with Crippen LogP contribution < -0.4 is 10.1 Å². The van der Waals surface area contributed by atoms with Crippen LogP contribution in [-0.4, -0.2) is 51.2 Å². The number of likely N-dealkylation sites (N-methyl/N-ethyl adjacent to an activating group) is 1. The average molecular weight is 387 g/mol. The maximum atomic E-state index is 12.9. The summed E-state index contributed by atoms with van der Waals surface area (Å²) in [5, 5.41) is 2.65. The Balaban J connectivity index is 2.90. The number of benzene rings is 1. The lowest BCUT2D eigenvalue weighted by Gasteiger charge is -2.25. The van der Waals surface area contributed by atoms with Crippen LogP contribution in [0.15, 0.2) is 17.0 Å². The molecule has 0 radical (unpaired) electrons. The lowest BCUT2D eigenvalue weighted by molar-refractivity contribution is 0.0504. The summed E-state index contributed by atoms with van der Waals surface area (Å²) in [7, 11) is -0.662. The highest BCUT2D eigenvalue weighted by Crippen LogP contribution is 2.27. The SMILES string of the molecule is COc1cc(C)c(S(=O)(=O)N(C)C[C@@H](C)NC(=O)OC(C)(C)C)cc1C. The molecule has 26 heavy (non-hydrogen) atoms. The Bertz CT molecular complexity index is 754. The molecular formula is C18H30N2O5S. The summed E-state index contributed by atoms with van der Waals surface area (Å²) in [4.78, 5) is 12.0. The van der Waals surface area contributed by atoms with Gasteiger partial charge in [0.15, 0.2) is 0 Å². The molecule has 1 N–H and O–H groups in total. The third-order valence-electron chi connectivity index (χ3n) is 3.67. The van der Waals surface area contributed by atoms with Gasteiger partial charge in [0.2, 0.25) is 10.0 Å². The number of sulfonamides is 1. The van der Waals surface area contributed by atoms with Crippen molar-refractivity contribution in [1.82, 2.24) is 9.62 Å². The van der Waals surface area contributed by atoms with Crippen molar-refractivity contribution in [1.29, 1.82) is 0 Å². The number of nitrogens with one attached hydrogen (secondary N) is 1. The number of amides is 1. The Morgan fingerprint density at radius 3 is 2.31 bits per heavy atom. The molecule has 148 valence electrons. The van der Waals surface area contributed by atoms with E-state index in [2.05, 4.69) is 5.32 Å². The Hall–Kier alpha value is -1.80. The number of carbonyl (C=O) groups excluding carboxylic acids is 1. The van der Waals surface area contributed by atoms with Crippen molar-refractivity contribution in [2.75, 3.05) is 20.7 Å². The van der Waals surface area contributed by atoms with E-state index in [1.54, 1.807) is 60.8 Å². The van der Waals surface area contributed by atoms with Crippen molar-refractivity contribution in [2.24, 2.45) is 0 Å². The van der Waals surface area contributed by atoms with E-state index in [9.17, 15) is 13.2 Å². The first-order valence-corrected chi connectivity index (χ1v) is 9.83. The van der Waals surface area contributed by atoms with Gasteiger partial charge in [-0.3, -0.25) is 0 Å². The molecule has 0 heterocycles. The first kappa shape index (κ1) is 22.2. The maximum Gasteiger partial charge on any atom is 0.407 e. The molecule has 0 saturated heterocycles. The highest BCUT2D eigenvalue weighted by Gasteiger charge is 2.26. The number of alkyl carbamates (subject to hydrolysis) is 1. The predicted octanol–water partition coefficient (Wildman–Crippen LogP) is 2.85. The van der Waals surface area contributed by atoms with E-state index in [4.69, 9.17) is 9.47 Å². The van der Waals surface area contributed by atoms with E-state index in [0.29, 0.717) is 11.3 Å². The third kappa shape index (κ3) is 5.88. The summed E-state index contributed by atoms with van der Waals surface area (Å²) in [6, 6.07) is 2.90. The lowest BCUT2D eigenvalue weighted by Crippen LogP contribution is -2.44. The summed E-state index contributed by atoms with van der Waals surface area (Å²) in [6.07, 6.45) is -0.577. The molecule has 8 heteroatoms. The molecule has 0 spiro atoms. The van der Waals surface area contributed by atoms with Crippen molar-refractivity contribution in [2.45, 2.75) is 58.1 Å². The minimum Gasteiger partial charge on any atom is -0.496 e. The summed E-state index contributed by atoms with van der Waals surface area (Å²) in [5.74, 6) is 0.643. The van der Waals surface area contributed by atoms with Gasteiger partial charge >= 0.3 is 6.09 Å². The zero-order valence-corrected chi connectivity index (χ0v) is 17.7. The zero-order valence-electron chi connectivity index (χ0n) is 16.8. The van der Waals surface area contributed by atoms with Gasteiger partial charge in [-0.2, -0.15) is 4.31 Å². The number of aryl methyl sites for hydroxylation is 2. The average Bonchev–Trinajstić information content (AvgIpc) is 2.46. The standard InChI is InChI=1S/C18H30N2O5S/c1-12-10-16(13(2)9-15(12)24-8)26(22,23)20(7)11-14(3)19-17(21)25-18(4,5)6/h9-10,14H,11H2,1-8H3,(H,19,21)/t14-/m1/s1. The van der Waals surface area contributed by atoms with Gasteiger partial charge in [0.1, 0.15) is 11.4 Å². The molecule has 0 saturated carbocycles. The highest BCUT2D eigenvalue weighted by atomic mass is 32.2. The van der Waals surface area contributed by atoms with E-state index < -0.39 is 27.8 Å². The quantitative estimate of drug-likeness (QED) is 0.813. The maximum absolute atomic E-state index is 12.9. The predicted molar refractivity (Wildman–Crippen MR) is 101 cm³/mol. The largest absolute Gasteiger partial charge is 0.496 e. The van der Waals surface area contributed by atoms with E-state index in [1.807, 2.05) is 0 Å². The molecule has 0 aromatic heterocycles. The van der Waals surface area contributed by atoms with E-state index in [1.165, 1.54) is 11.4 Å². The first-order valence-electron chi connectivity index (χ1n) is 8.39. The monoisotopic (exact) mass is 386 g/mol. The van der Waals surface area contributed by atoms with Crippen LogP contribution in [0, 0.1) is 13.8 Å². The molecule has 0 aliphatic carbocycles. The van der Waals surface area contributed by atoms with Crippen LogP contribution >= 0.6 is 0 Å². The molecule has 7 nitrogen and oxygen atoms in total. The minimum absolute atomic E-state index is 0.117. The Morgan fingerprint density at radius 2 is 1.81 bits per heavy atom. The van der Waals surface area contributed by atoms with Gasteiger partial charge in [-0.1, -0.05) is 0 Å². The molecule has 1 atom stereocenters. The van der Waals surface area contributed by atoms with Crippen molar-refractivity contribution < 1.29 is 22.7 Å². The molecule has 0 aliphatic heterocycles. The molecular weight excluding hydrogens is 356 g/mol. The molecule has 0 unspecified atom stereocenters. The number of hydrogen-bond acceptors (Lipinski definition) is 5. The van der Waals surface area contributed by atoms with Gasteiger partial charge < -0.3 is 14.8 Å².